The van der Waals surface area contributed by atoms with Gasteiger partial charge >= 0.3 is 6.09 Å². The number of hydrogen-bond acceptors (Lipinski definition) is 7. The minimum Gasteiger partial charge on any atom is -0.490 e. The van der Waals surface area contributed by atoms with Crippen LogP contribution in [0.15, 0.2) is 89.8 Å². The number of rotatable bonds is 9. The number of piperazine rings is 1. The molecule has 1 N–H and O–H groups in total. The number of carbonyl (C=O) groups is 2. The van der Waals surface area contributed by atoms with Gasteiger partial charge in [0.15, 0.2) is 0 Å². The van der Waals surface area contributed by atoms with Crippen molar-refractivity contribution in [2.45, 2.75) is 94.5 Å². The highest BCUT2D eigenvalue weighted by atomic mass is 35.5. The molecule has 4 aromatic carbocycles. The molecule has 2 aliphatic heterocycles. The molecule has 1 saturated carbocycles. The predicted octanol–water partition coefficient (Wildman–Crippen LogP) is 7.87. The van der Waals surface area contributed by atoms with Crippen molar-refractivity contribution in [3.63, 3.8) is 0 Å². The highest BCUT2D eigenvalue weighted by molar-refractivity contribution is 7.89. The van der Waals surface area contributed by atoms with Gasteiger partial charge in [-0.3, -0.25) is 9.69 Å². The summed E-state index contributed by atoms with van der Waals surface area (Å²) in [5.41, 5.74) is 2.59. The van der Waals surface area contributed by atoms with E-state index in [1.54, 1.807) is 17.0 Å². The van der Waals surface area contributed by atoms with E-state index in [4.69, 9.17) is 21.1 Å². The fourth-order valence-electron chi connectivity index (χ4n) is 7.86. The summed E-state index contributed by atoms with van der Waals surface area (Å²) < 4.78 is 42.1. The average molecular weight is 787 g/mol. The second-order valence-corrected chi connectivity index (χ2v) is 18.3. The van der Waals surface area contributed by atoms with Gasteiger partial charge in [-0.1, -0.05) is 60.1 Å². The molecular weight excluding hydrogens is 736 g/mol. The Balaban J connectivity index is 1.08. The van der Waals surface area contributed by atoms with E-state index in [1.807, 2.05) is 69.3 Å². The summed E-state index contributed by atoms with van der Waals surface area (Å²) >= 11 is 6.09. The molecule has 3 fully saturated rings. The van der Waals surface area contributed by atoms with Gasteiger partial charge in [-0.05, 0) is 123 Å². The molecule has 1 atom stereocenters. The molecular formula is C43H51ClN4O6S. The molecule has 0 spiro atoms. The van der Waals surface area contributed by atoms with Gasteiger partial charge in [0.2, 0.25) is 15.9 Å². The van der Waals surface area contributed by atoms with E-state index in [-0.39, 0.29) is 36.0 Å². The van der Waals surface area contributed by atoms with Crippen LogP contribution >= 0.6 is 11.6 Å². The first-order valence-corrected chi connectivity index (χ1v) is 21.2. The number of likely N-dealkylation sites (tertiary alicyclic amines) is 1. The summed E-state index contributed by atoms with van der Waals surface area (Å²) in [6.07, 6.45) is 5.31. The van der Waals surface area contributed by atoms with E-state index in [1.165, 1.54) is 17.1 Å². The van der Waals surface area contributed by atoms with E-state index in [0.29, 0.717) is 44.0 Å². The predicted molar refractivity (Wildman–Crippen MR) is 216 cm³/mol. The fraction of sp³-hybridized carbons (Fsp3) is 0.442. The molecule has 292 valence electrons. The van der Waals surface area contributed by atoms with Gasteiger partial charge in [0, 0.05) is 50.3 Å². The summed E-state index contributed by atoms with van der Waals surface area (Å²) in [6, 6.07) is 25.9. The number of fused-ring (bicyclic) bond motifs is 1. The first-order valence-electron chi connectivity index (χ1n) is 19.4. The normalized spacial score (nSPS) is 19.4. The number of nitrogens with zero attached hydrogens (tertiary/aromatic N) is 3. The highest BCUT2D eigenvalue weighted by Gasteiger charge is 2.42. The summed E-state index contributed by atoms with van der Waals surface area (Å²) in [5, 5.41) is 5.31. The Morgan fingerprint density at radius 2 is 1.44 bits per heavy atom. The van der Waals surface area contributed by atoms with Crippen molar-refractivity contribution < 1.29 is 27.5 Å². The lowest BCUT2D eigenvalue weighted by Crippen LogP contribution is -2.61. The standard InChI is InChI=1S/C43H51ClN4O6S/c1-43(2,3)54-42(50)45-36-20-22-47(23-21-36)41(49)40-29-46(28-30-8-10-31(11-9-30)32-12-16-35(44)17-13-32)24-25-48(40)55(51,52)39-19-15-33-26-38(18-14-34(33)27-39)53-37-6-4-5-7-37/h8-19,26-27,36-37,40H,4-7,20-25,28-29H2,1-3H3,(H,45,50)/t40-/m0/s1. The van der Waals surface area contributed by atoms with E-state index in [9.17, 15) is 18.0 Å². The third-order valence-electron chi connectivity index (χ3n) is 10.8. The van der Waals surface area contributed by atoms with Crippen LogP contribution in [-0.4, -0.2) is 91.0 Å². The SMILES string of the molecule is CC(C)(C)OC(=O)NC1CCN(C(=O)[C@@H]2CN(Cc3ccc(-c4ccc(Cl)cc4)cc3)CCN2S(=O)(=O)c2ccc3cc(OC4CCCC4)ccc3c2)CC1. The van der Waals surface area contributed by atoms with Crippen LogP contribution in [0.5, 0.6) is 5.75 Å². The first kappa shape index (κ1) is 39.1. The van der Waals surface area contributed by atoms with Crippen molar-refractivity contribution in [3.8, 4) is 16.9 Å². The number of amides is 2. The zero-order chi connectivity index (χ0) is 38.7. The number of benzene rings is 4. The van der Waals surface area contributed by atoms with Gasteiger partial charge in [-0.15, -0.1) is 0 Å². The van der Waals surface area contributed by atoms with Crippen molar-refractivity contribution in [2.24, 2.45) is 0 Å². The van der Waals surface area contributed by atoms with Gasteiger partial charge in [-0.2, -0.15) is 4.31 Å². The Labute approximate surface area is 329 Å². The second kappa shape index (κ2) is 16.5. The molecule has 2 amide bonds. The molecule has 12 heteroatoms. The molecule has 2 saturated heterocycles. The second-order valence-electron chi connectivity index (χ2n) is 16.0. The molecule has 2 heterocycles. The molecule has 4 aromatic rings. The summed E-state index contributed by atoms with van der Waals surface area (Å²) in [6.45, 7) is 7.72. The van der Waals surface area contributed by atoms with E-state index in [2.05, 4.69) is 34.5 Å². The van der Waals surface area contributed by atoms with Crippen LogP contribution < -0.4 is 10.1 Å². The topological polar surface area (TPSA) is 108 Å². The smallest absolute Gasteiger partial charge is 0.407 e. The first-order chi connectivity index (χ1) is 26.3. The maximum atomic E-state index is 14.5. The number of nitrogens with one attached hydrogen (secondary N) is 1. The molecule has 10 nitrogen and oxygen atoms in total. The number of piperidine rings is 1. The minimum atomic E-state index is -4.05. The van der Waals surface area contributed by atoms with E-state index < -0.39 is 27.8 Å². The van der Waals surface area contributed by atoms with Crippen molar-refractivity contribution in [3.05, 3.63) is 95.5 Å². The largest absolute Gasteiger partial charge is 0.490 e. The number of sulfonamides is 1. The van der Waals surface area contributed by atoms with Crippen molar-refractivity contribution >= 4 is 44.4 Å². The van der Waals surface area contributed by atoms with Crippen molar-refractivity contribution in [1.29, 1.82) is 0 Å². The van der Waals surface area contributed by atoms with Crippen LogP contribution in [0.25, 0.3) is 21.9 Å². The molecule has 0 radical (unpaired) electrons. The summed E-state index contributed by atoms with van der Waals surface area (Å²) in [5.74, 6) is 0.568. The molecule has 1 aliphatic carbocycles. The van der Waals surface area contributed by atoms with Gasteiger partial charge < -0.3 is 19.7 Å². The lowest BCUT2D eigenvalue weighted by molar-refractivity contribution is -0.138. The fourth-order valence-corrected chi connectivity index (χ4v) is 9.58. The molecule has 3 aliphatic rings. The van der Waals surface area contributed by atoms with Gasteiger partial charge in [0.05, 0.1) is 11.0 Å². The Bertz CT molecular complexity index is 2090. The number of carbonyl (C=O) groups excluding carboxylic acids is 2. The number of ether oxygens (including phenoxy) is 2. The van der Waals surface area contributed by atoms with Crippen LogP contribution in [0.3, 0.4) is 0 Å². The van der Waals surface area contributed by atoms with E-state index >= 15 is 0 Å². The van der Waals surface area contributed by atoms with E-state index in [0.717, 1.165) is 46.1 Å². The van der Waals surface area contributed by atoms with Crippen LogP contribution in [0.4, 0.5) is 4.79 Å². The lowest BCUT2D eigenvalue weighted by atomic mass is 10.0. The molecule has 0 unspecified atom stereocenters. The molecule has 55 heavy (non-hydrogen) atoms. The quantitative estimate of drug-likeness (QED) is 0.184. The zero-order valence-corrected chi connectivity index (χ0v) is 33.5. The average Bonchev–Trinajstić information content (AvgIpc) is 3.67. The third-order valence-corrected chi connectivity index (χ3v) is 12.9. The Morgan fingerprint density at radius 3 is 2.11 bits per heavy atom. The van der Waals surface area contributed by atoms with Gasteiger partial charge in [0.25, 0.3) is 0 Å². The Kier molecular flexibility index (Phi) is 11.7. The highest BCUT2D eigenvalue weighted by Crippen LogP contribution is 2.31. The number of hydrogen-bond donors (Lipinski definition) is 1. The van der Waals surface area contributed by atoms with Crippen molar-refractivity contribution in [2.75, 3.05) is 32.7 Å². The van der Waals surface area contributed by atoms with Crippen LogP contribution in [-0.2, 0) is 26.1 Å². The summed E-state index contributed by atoms with van der Waals surface area (Å²) in [4.78, 5) is 30.9. The number of halogens is 1. The third kappa shape index (κ3) is 9.63. The van der Waals surface area contributed by atoms with Crippen LogP contribution in [0.2, 0.25) is 5.02 Å². The Hall–Kier alpha value is -4.16. The monoisotopic (exact) mass is 786 g/mol. The molecule has 0 aromatic heterocycles. The van der Waals surface area contributed by atoms with Gasteiger partial charge in [-0.25, -0.2) is 13.2 Å². The molecule has 7 rings (SSSR count). The maximum Gasteiger partial charge on any atom is 0.407 e. The van der Waals surface area contributed by atoms with Crippen LogP contribution in [0.1, 0.15) is 64.9 Å². The van der Waals surface area contributed by atoms with Crippen LogP contribution in [0, 0.1) is 0 Å². The Morgan fingerprint density at radius 1 is 0.800 bits per heavy atom. The molecule has 0 bridgehead atoms. The zero-order valence-electron chi connectivity index (χ0n) is 31.9. The maximum absolute atomic E-state index is 14.5. The van der Waals surface area contributed by atoms with Crippen molar-refractivity contribution in [1.82, 2.24) is 19.4 Å². The lowest BCUT2D eigenvalue weighted by Gasteiger charge is -2.42. The minimum absolute atomic E-state index is 0.140. The number of alkyl carbamates (subject to hydrolysis) is 1. The van der Waals surface area contributed by atoms with Gasteiger partial charge in [0.1, 0.15) is 17.4 Å². The summed E-state index contributed by atoms with van der Waals surface area (Å²) in [7, 11) is -4.05.